The third kappa shape index (κ3) is 2.33. The second kappa shape index (κ2) is 4.62. The van der Waals surface area contributed by atoms with Crippen molar-refractivity contribution in [2.24, 2.45) is 0 Å². The van der Waals surface area contributed by atoms with Crippen molar-refractivity contribution < 1.29 is 0 Å². The quantitative estimate of drug-likeness (QED) is 0.745. The van der Waals surface area contributed by atoms with Crippen LogP contribution in [-0.2, 0) is 0 Å². The van der Waals surface area contributed by atoms with Crippen molar-refractivity contribution in [1.82, 2.24) is 0 Å². The molecule has 0 saturated heterocycles. The van der Waals surface area contributed by atoms with Gasteiger partial charge in [0.15, 0.2) is 0 Å². The maximum atomic E-state index is 2.20. The van der Waals surface area contributed by atoms with E-state index in [1.165, 1.54) is 27.9 Å². The Bertz CT molecular complexity index is 489. The van der Waals surface area contributed by atoms with E-state index in [2.05, 4.69) is 75.3 Å². The Morgan fingerprint density at radius 2 is 1.29 bits per heavy atom. The van der Waals surface area contributed by atoms with E-state index >= 15 is 0 Å². The molecule has 0 N–H and O–H groups in total. The van der Waals surface area contributed by atoms with Gasteiger partial charge >= 0.3 is 0 Å². The fourth-order valence-corrected chi connectivity index (χ4v) is 2.20. The highest BCUT2D eigenvalue weighted by molar-refractivity contribution is 5.72. The van der Waals surface area contributed by atoms with Gasteiger partial charge in [-0.3, -0.25) is 0 Å². The van der Waals surface area contributed by atoms with Gasteiger partial charge in [-0.15, -0.1) is 0 Å². The van der Waals surface area contributed by atoms with Gasteiger partial charge in [-0.25, -0.2) is 0 Å². The standard InChI is InChI=1S/C16H19N/c1-12-6-5-7-13(2)16(12)14-8-10-15(11-9-14)17(3)4/h5-11H,1-4H3. The van der Waals surface area contributed by atoms with Crippen molar-refractivity contribution in [2.75, 3.05) is 19.0 Å². The molecule has 0 saturated carbocycles. The van der Waals surface area contributed by atoms with Gasteiger partial charge in [0, 0.05) is 19.8 Å². The van der Waals surface area contributed by atoms with Crippen molar-refractivity contribution in [3.05, 3.63) is 53.6 Å². The average Bonchev–Trinajstić information content (AvgIpc) is 2.29. The summed E-state index contributed by atoms with van der Waals surface area (Å²) in [5.41, 5.74) is 6.56. The maximum Gasteiger partial charge on any atom is 0.0361 e. The lowest BCUT2D eigenvalue weighted by atomic mass is 9.96. The molecule has 1 nitrogen and oxygen atoms in total. The molecule has 0 aliphatic rings. The zero-order valence-corrected chi connectivity index (χ0v) is 11.0. The van der Waals surface area contributed by atoms with E-state index in [1.54, 1.807) is 0 Å². The van der Waals surface area contributed by atoms with Crippen molar-refractivity contribution >= 4 is 5.69 Å². The van der Waals surface area contributed by atoms with Gasteiger partial charge in [0.05, 0.1) is 0 Å². The van der Waals surface area contributed by atoms with E-state index in [4.69, 9.17) is 0 Å². The largest absolute Gasteiger partial charge is 0.378 e. The molecule has 0 aliphatic carbocycles. The van der Waals surface area contributed by atoms with Gasteiger partial charge in [0.2, 0.25) is 0 Å². The predicted molar refractivity (Wildman–Crippen MR) is 75.7 cm³/mol. The first kappa shape index (κ1) is 11.7. The molecule has 0 bridgehead atoms. The molecule has 0 spiro atoms. The van der Waals surface area contributed by atoms with E-state index in [-0.39, 0.29) is 0 Å². The molecule has 0 atom stereocenters. The summed E-state index contributed by atoms with van der Waals surface area (Å²) in [5, 5.41) is 0. The average molecular weight is 225 g/mol. The molecule has 17 heavy (non-hydrogen) atoms. The van der Waals surface area contributed by atoms with Crippen LogP contribution in [-0.4, -0.2) is 14.1 Å². The number of anilines is 1. The highest BCUT2D eigenvalue weighted by Gasteiger charge is 2.05. The summed E-state index contributed by atoms with van der Waals surface area (Å²) < 4.78 is 0. The molecule has 88 valence electrons. The first-order valence-electron chi connectivity index (χ1n) is 5.93. The lowest BCUT2D eigenvalue weighted by Gasteiger charge is -2.14. The van der Waals surface area contributed by atoms with Gasteiger partial charge in [0.25, 0.3) is 0 Å². The van der Waals surface area contributed by atoms with Crippen molar-refractivity contribution in [1.29, 1.82) is 0 Å². The lowest BCUT2D eigenvalue weighted by Crippen LogP contribution is -2.07. The molecule has 0 fully saturated rings. The second-order valence-corrected chi connectivity index (χ2v) is 4.71. The Morgan fingerprint density at radius 1 is 0.765 bits per heavy atom. The normalized spacial score (nSPS) is 10.4. The molecule has 0 aliphatic heterocycles. The molecule has 1 heteroatoms. The molecule has 0 radical (unpaired) electrons. The van der Waals surface area contributed by atoms with Gasteiger partial charge in [-0.2, -0.15) is 0 Å². The fraction of sp³-hybridized carbons (Fsp3) is 0.250. The fourth-order valence-electron chi connectivity index (χ4n) is 2.20. The highest BCUT2D eigenvalue weighted by Crippen LogP contribution is 2.28. The summed E-state index contributed by atoms with van der Waals surface area (Å²) >= 11 is 0. The minimum Gasteiger partial charge on any atom is -0.378 e. The SMILES string of the molecule is Cc1cccc(C)c1-c1ccc(N(C)C)cc1. The first-order valence-corrected chi connectivity index (χ1v) is 5.93. The number of rotatable bonds is 2. The van der Waals surface area contributed by atoms with Crippen molar-refractivity contribution in [3.63, 3.8) is 0 Å². The molecule has 0 aromatic heterocycles. The summed E-state index contributed by atoms with van der Waals surface area (Å²) in [6, 6.07) is 15.2. The van der Waals surface area contributed by atoms with Crippen LogP contribution in [0.15, 0.2) is 42.5 Å². The van der Waals surface area contributed by atoms with Gasteiger partial charge in [0.1, 0.15) is 0 Å². The third-order valence-corrected chi connectivity index (χ3v) is 3.15. The third-order valence-electron chi connectivity index (χ3n) is 3.15. The van der Waals surface area contributed by atoms with Crippen LogP contribution in [0.3, 0.4) is 0 Å². The van der Waals surface area contributed by atoms with Gasteiger partial charge in [-0.05, 0) is 48.2 Å². The van der Waals surface area contributed by atoms with Crippen LogP contribution < -0.4 is 4.90 Å². The van der Waals surface area contributed by atoms with Crippen LogP contribution in [0, 0.1) is 13.8 Å². The lowest BCUT2D eigenvalue weighted by molar-refractivity contribution is 1.13. The summed E-state index contributed by atoms with van der Waals surface area (Å²) in [7, 11) is 4.13. The summed E-state index contributed by atoms with van der Waals surface area (Å²) in [6.07, 6.45) is 0. The number of nitrogens with zero attached hydrogens (tertiary/aromatic N) is 1. The number of hydrogen-bond acceptors (Lipinski definition) is 1. The van der Waals surface area contributed by atoms with Crippen LogP contribution >= 0.6 is 0 Å². The van der Waals surface area contributed by atoms with E-state index in [1.807, 2.05) is 0 Å². The topological polar surface area (TPSA) is 3.24 Å². The van der Waals surface area contributed by atoms with Crippen LogP contribution in [0.25, 0.3) is 11.1 Å². The van der Waals surface area contributed by atoms with Gasteiger partial charge < -0.3 is 4.90 Å². The van der Waals surface area contributed by atoms with Crippen molar-refractivity contribution in [2.45, 2.75) is 13.8 Å². The highest BCUT2D eigenvalue weighted by atomic mass is 15.1. The maximum absolute atomic E-state index is 2.20. The Hall–Kier alpha value is -1.76. The Kier molecular flexibility index (Phi) is 3.19. The minimum absolute atomic E-state index is 1.24. The van der Waals surface area contributed by atoms with Crippen molar-refractivity contribution in [3.8, 4) is 11.1 Å². The molecular weight excluding hydrogens is 206 g/mol. The van der Waals surface area contributed by atoms with Gasteiger partial charge in [-0.1, -0.05) is 30.3 Å². The zero-order valence-electron chi connectivity index (χ0n) is 11.0. The zero-order chi connectivity index (χ0) is 12.4. The summed E-state index contributed by atoms with van der Waals surface area (Å²) in [5.74, 6) is 0. The molecule has 2 rings (SSSR count). The Labute approximate surface area is 104 Å². The molecule has 2 aromatic rings. The predicted octanol–water partition coefficient (Wildman–Crippen LogP) is 4.04. The smallest absolute Gasteiger partial charge is 0.0361 e. The van der Waals surface area contributed by atoms with Crippen LogP contribution in [0.4, 0.5) is 5.69 Å². The van der Waals surface area contributed by atoms with Crippen LogP contribution in [0.5, 0.6) is 0 Å². The first-order chi connectivity index (χ1) is 8.09. The van der Waals surface area contributed by atoms with E-state index < -0.39 is 0 Å². The Balaban J connectivity index is 2.47. The molecule has 0 heterocycles. The van der Waals surface area contributed by atoms with E-state index in [0.29, 0.717) is 0 Å². The van der Waals surface area contributed by atoms with Crippen LogP contribution in [0.2, 0.25) is 0 Å². The summed E-state index contributed by atoms with van der Waals surface area (Å²) in [4.78, 5) is 2.12. The number of hydrogen-bond donors (Lipinski definition) is 0. The number of benzene rings is 2. The van der Waals surface area contributed by atoms with Crippen LogP contribution in [0.1, 0.15) is 11.1 Å². The summed E-state index contributed by atoms with van der Waals surface area (Å²) in [6.45, 7) is 4.34. The molecule has 0 unspecified atom stereocenters. The second-order valence-electron chi connectivity index (χ2n) is 4.71. The monoisotopic (exact) mass is 225 g/mol. The minimum atomic E-state index is 1.24. The molecular formula is C16H19N. The van der Waals surface area contributed by atoms with E-state index in [0.717, 1.165) is 0 Å². The molecule has 2 aromatic carbocycles. The Morgan fingerprint density at radius 3 is 1.76 bits per heavy atom. The number of aryl methyl sites for hydroxylation is 2. The van der Waals surface area contributed by atoms with E-state index in [9.17, 15) is 0 Å². The molecule has 0 amide bonds.